The quantitative estimate of drug-likeness (QED) is 0.499. The predicted octanol–water partition coefficient (Wildman–Crippen LogP) is 1.06. The smallest absolute Gasteiger partial charge is 0.273 e. The van der Waals surface area contributed by atoms with Gasteiger partial charge >= 0.3 is 0 Å². The monoisotopic (exact) mass is 266 g/mol. The molecule has 1 fully saturated rings. The molecule has 102 valence electrons. The summed E-state index contributed by atoms with van der Waals surface area (Å²) >= 11 is 0. The van der Waals surface area contributed by atoms with Gasteiger partial charge in [-0.1, -0.05) is 13.3 Å². The molecule has 1 saturated carbocycles. The van der Waals surface area contributed by atoms with Gasteiger partial charge in [0.25, 0.3) is 10.1 Å². The number of hydrogen-bond donors (Lipinski definition) is 1. The molecule has 0 aromatic rings. The second kappa shape index (κ2) is 6.13. The summed E-state index contributed by atoms with van der Waals surface area (Å²) in [6, 6.07) is 0. The fourth-order valence-electron chi connectivity index (χ4n) is 1.77. The molecule has 1 aliphatic rings. The Labute approximate surface area is 103 Å². The zero-order valence-corrected chi connectivity index (χ0v) is 11.3. The van der Waals surface area contributed by atoms with Crippen molar-refractivity contribution in [2.75, 3.05) is 20.3 Å². The van der Waals surface area contributed by atoms with Gasteiger partial charge in [-0.3, -0.25) is 4.18 Å². The van der Waals surface area contributed by atoms with Crippen molar-refractivity contribution in [2.24, 2.45) is 0 Å². The third-order valence-electron chi connectivity index (χ3n) is 3.21. The summed E-state index contributed by atoms with van der Waals surface area (Å²) < 4.78 is 33.2. The average Bonchev–Trinajstić information content (AvgIpc) is 3.07. The fraction of sp³-hybridized carbons (Fsp3) is 1.00. The molecular formula is C11H22O5S. The molecule has 0 spiro atoms. The SMILES string of the molecule is CCCCOS(=O)(=O)C1(CC(CO)OC)CC1. The topological polar surface area (TPSA) is 72.8 Å². The van der Waals surface area contributed by atoms with Crippen LogP contribution in [0.4, 0.5) is 0 Å². The first-order valence-corrected chi connectivity index (χ1v) is 7.45. The summed E-state index contributed by atoms with van der Waals surface area (Å²) in [5.74, 6) is 0. The van der Waals surface area contributed by atoms with Crippen LogP contribution in [0, 0.1) is 0 Å². The lowest BCUT2D eigenvalue weighted by molar-refractivity contribution is 0.0405. The van der Waals surface area contributed by atoms with Gasteiger partial charge in [-0.05, 0) is 25.7 Å². The molecule has 0 aliphatic heterocycles. The molecule has 5 nitrogen and oxygen atoms in total. The van der Waals surface area contributed by atoms with Crippen LogP contribution in [0.2, 0.25) is 0 Å². The third kappa shape index (κ3) is 3.64. The number of ether oxygens (including phenoxy) is 1. The van der Waals surface area contributed by atoms with Gasteiger partial charge in [0.05, 0.1) is 19.3 Å². The maximum atomic E-state index is 12.0. The van der Waals surface area contributed by atoms with E-state index in [9.17, 15) is 8.42 Å². The summed E-state index contributed by atoms with van der Waals surface area (Å²) in [7, 11) is -2.05. The van der Waals surface area contributed by atoms with Gasteiger partial charge in [0, 0.05) is 7.11 Å². The van der Waals surface area contributed by atoms with Crippen LogP contribution < -0.4 is 0 Å². The average molecular weight is 266 g/mol. The van der Waals surface area contributed by atoms with Crippen LogP contribution in [-0.4, -0.2) is 44.7 Å². The Bertz CT molecular complexity index is 317. The minimum Gasteiger partial charge on any atom is -0.394 e. The second-order valence-corrected chi connectivity index (χ2v) is 6.57. The number of hydrogen-bond acceptors (Lipinski definition) is 5. The zero-order valence-electron chi connectivity index (χ0n) is 10.5. The Morgan fingerprint density at radius 3 is 2.47 bits per heavy atom. The van der Waals surface area contributed by atoms with Crippen molar-refractivity contribution in [3.05, 3.63) is 0 Å². The highest BCUT2D eigenvalue weighted by atomic mass is 32.2. The van der Waals surface area contributed by atoms with E-state index in [0.29, 0.717) is 19.3 Å². The summed E-state index contributed by atoms with van der Waals surface area (Å²) in [6.45, 7) is 2.07. The van der Waals surface area contributed by atoms with Gasteiger partial charge in [0.15, 0.2) is 0 Å². The van der Waals surface area contributed by atoms with Crippen LogP contribution in [0.1, 0.15) is 39.0 Å². The standard InChI is InChI=1S/C11H22O5S/c1-3-4-7-16-17(13,14)11(5-6-11)8-10(9-12)15-2/h10,12H,3-9H2,1-2H3. The van der Waals surface area contributed by atoms with E-state index in [1.807, 2.05) is 6.92 Å². The molecule has 0 heterocycles. The Morgan fingerprint density at radius 2 is 2.06 bits per heavy atom. The van der Waals surface area contributed by atoms with Crippen LogP contribution in [0.3, 0.4) is 0 Å². The van der Waals surface area contributed by atoms with Crippen LogP contribution in [-0.2, 0) is 19.0 Å². The zero-order chi connectivity index (χ0) is 12.9. The highest BCUT2D eigenvalue weighted by molar-refractivity contribution is 7.88. The fourth-order valence-corrected chi connectivity index (χ4v) is 3.35. The summed E-state index contributed by atoms with van der Waals surface area (Å²) in [6.07, 6.45) is 2.72. The normalized spacial score (nSPS) is 20.2. The van der Waals surface area contributed by atoms with Crippen LogP contribution in [0.5, 0.6) is 0 Å². The van der Waals surface area contributed by atoms with Crippen molar-refractivity contribution in [1.29, 1.82) is 0 Å². The molecule has 0 aromatic heterocycles. The van der Waals surface area contributed by atoms with Gasteiger partial charge in [0.1, 0.15) is 4.75 Å². The highest BCUT2D eigenvalue weighted by Crippen LogP contribution is 2.48. The van der Waals surface area contributed by atoms with Crippen molar-refractivity contribution in [3.8, 4) is 0 Å². The van der Waals surface area contributed by atoms with Crippen LogP contribution >= 0.6 is 0 Å². The maximum Gasteiger partial charge on any atom is 0.273 e. The van der Waals surface area contributed by atoms with Gasteiger partial charge in [-0.15, -0.1) is 0 Å². The van der Waals surface area contributed by atoms with Gasteiger partial charge < -0.3 is 9.84 Å². The first-order valence-electron chi connectivity index (χ1n) is 6.04. The Kier molecular flexibility index (Phi) is 5.37. The lowest BCUT2D eigenvalue weighted by atomic mass is 10.2. The largest absolute Gasteiger partial charge is 0.394 e. The first kappa shape index (κ1) is 14.9. The number of aliphatic hydroxyl groups excluding tert-OH is 1. The Balaban J connectivity index is 2.57. The van der Waals surface area contributed by atoms with E-state index in [-0.39, 0.29) is 13.2 Å². The van der Waals surface area contributed by atoms with Crippen LogP contribution in [0.15, 0.2) is 0 Å². The summed E-state index contributed by atoms with van der Waals surface area (Å²) in [5, 5.41) is 9.04. The van der Waals surface area contributed by atoms with Crippen molar-refractivity contribution in [2.45, 2.75) is 49.9 Å². The number of unbranched alkanes of at least 4 members (excludes halogenated alkanes) is 1. The first-order chi connectivity index (χ1) is 8.01. The lowest BCUT2D eigenvalue weighted by Gasteiger charge is -2.20. The molecule has 0 radical (unpaired) electrons. The molecule has 1 rings (SSSR count). The van der Waals surface area contributed by atoms with E-state index in [0.717, 1.165) is 12.8 Å². The van der Waals surface area contributed by atoms with E-state index in [4.69, 9.17) is 14.0 Å². The van der Waals surface area contributed by atoms with Crippen molar-refractivity contribution in [1.82, 2.24) is 0 Å². The minimum atomic E-state index is -3.53. The summed E-state index contributed by atoms with van der Waals surface area (Å²) in [4.78, 5) is 0. The molecule has 1 N–H and O–H groups in total. The van der Waals surface area contributed by atoms with Crippen molar-refractivity contribution < 1.29 is 22.4 Å². The lowest BCUT2D eigenvalue weighted by Crippen LogP contribution is -2.32. The molecule has 1 atom stereocenters. The number of methoxy groups -OCH3 is 1. The van der Waals surface area contributed by atoms with E-state index < -0.39 is 21.0 Å². The number of aliphatic hydroxyl groups is 1. The minimum absolute atomic E-state index is 0.164. The number of rotatable bonds is 9. The molecule has 6 heteroatoms. The third-order valence-corrected chi connectivity index (χ3v) is 5.32. The molecule has 1 aliphatic carbocycles. The summed E-state index contributed by atoms with van der Waals surface area (Å²) in [5.41, 5.74) is 0. The van der Waals surface area contributed by atoms with E-state index in [1.54, 1.807) is 0 Å². The molecule has 0 aromatic carbocycles. The van der Waals surface area contributed by atoms with Crippen LogP contribution in [0.25, 0.3) is 0 Å². The van der Waals surface area contributed by atoms with Crippen molar-refractivity contribution in [3.63, 3.8) is 0 Å². The van der Waals surface area contributed by atoms with Gasteiger partial charge in [-0.2, -0.15) is 8.42 Å². The molecule has 1 unspecified atom stereocenters. The van der Waals surface area contributed by atoms with E-state index in [1.165, 1.54) is 7.11 Å². The second-order valence-electron chi connectivity index (χ2n) is 4.56. The molecule has 0 bridgehead atoms. The van der Waals surface area contributed by atoms with Gasteiger partial charge in [-0.25, -0.2) is 0 Å². The Morgan fingerprint density at radius 1 is 1.41 bits per heavy atom. The Hall–Kier alpha value is -0.170. The van der Waals surface area contributed by atoms with Crippen molar-refractivity contribution >= 4 is 10.1 Å². The van der Waals surface area contributed by atoms with Gasteiger partial charge in [0.2, 0.25) is 0 Å². The molecule has 0 saturated heterocycles. The van der Waals surface area contributed by atoms with E-state index in [2.05, 4.69) is 0 Å². The molecule has 0 amide bonds. The highest BCUT2D eigenvalue weighted by Gasteiger charge is 2.56. The maximum absolute atomic E-state index is 12.0. The molecule has 17 heavy (non-hydrogen) atoms. The van der Waals surface area contributed by atoms with E-state index >= 15 is 0 Å². The molecular weight excluding hydrogens is 244 g/mol. The predicted molar refractivity (Wildman–Crippen MR) is 64.2 cm³/mol.